The second-order valence-corrected chi connectivity index (χ2v) is 4.38. The molecule has 1 aliphatic heterocycles. The maximum Gasteiger partial charge on any atom is 0.161 e. The lowest BCUT2D eigenvalue weighted by Crippen LogP contribution is -2.27. The van der Waals surface area contributed by atoms with Crippen LogP contribution in [-0.2, 0) is 19.1 Å². The molecule has 0 spiro atoms. The maximum atomic E-state index is 11.6. The van der Waals surface area contributed by atoms with Gasteiger partial charge in [0.2, 0.25) is 0 Å². The van der Waals surface area contributed by atoms with Crippen molar-refractivity contribution >= 4 is 11.6 Å². The first kappa shape index (κ1) is 13.3. The summed E-state index contributed by atoms with van der Waals surface area (Å²) in [5.74, 6) is -0.236. The smallest absolute Gasteiger partial charge is 0.161 e. The molecule has 4 nitrogen and oxygen atoms in total. The van der Waals surface area contributed by atoms with Gasteiger partial charge < -0.3 is 14.3 Å². The Labute approximate surface area is 96.3 Å². The zero-order chi connectivity index (χ0) is 12.0. The molecule has 1 saturated heterocycles. The van der Waals surface area contributed by atoms with E-state index in [2.05, 4.69) is 0 Å². The van der Waals surface area contributed by atoms with Gasteiger partial charge in [0.05, 0.1) is 0 Å². The van der Waals surface area contributed by atoms with Crippen molar-refractivity contribution in [1.29, 1.82) is 0 Å². The fourth-order valence-corrected chi connectivity index (χ4v) is 1.70. The zero-order valence-electron chi connectivity index (χ0n) is 10.0. The number of rotatable bonds is 6. The zero-order valence-corrected chi connectivity index (χ0v) is 10.0. The van der Waals surface area contributed by atoms with Crippen molar-refractivity contribution in [3.05, 3.63) is 0 Å². The third-order valence-corrected chi connectivity index (χ3v) is 2.69. The molecule has 4 heteroatoms. The molecule has 0 saturated carbocycles. The molecular weight excluding hydrogens is 208 g/mol. The summed E-state index contributed by atoms with van der Waals surface area (Å²) in [6.45, 7) is 4.02. The molecular formula is C12H20O4. The highest BCUT2D eigenvalue weighted by molar-refractivity contribution is 5.87. The molecule has 1 fully saturated rings. The molecule has 0 aromatic rings. The van der Waals surface area contributed by atoms with E-state index in [1.165, 1.54) is 6.92 Å². The van der Waals surface area contributed by atoms with Crippen LogP contribution >= 0.6 is 0 Å². The van der Waals surface area contributed by atoms with E-state index in [9.17, 15) is 9.59 Å². The number of carbonyl (C=O) groups excluding carboxylic acids is 2. The van der Waals surface area contributed by atoms with Gasteiger partial charge in [-0.25, -0.2) is 0 Å². The summed E-state index contributed by atoms with van der Waals surface area (Å²) in [6, 6.07) is 0. The topological polar surface area (TPSA) is 52.6 Å². The fraction of sp³-hybridized carbons (Fsp3) is 0.833. The minimum absolute atomic E-state index is 0.0237. The van der Waals surface area contributed by atoms with Crippen LogP contribution in [0.3, 0.4) is 0 Å². The first-order valence-electron chi connectivity index (χ1n) is 5.85. The summed E-state index contributed by atoms with van der Waals surface area (Å²) >= 11 is 0. The fourth-order valence-electron chi connectivity index (χ4n) is 1.70. The quantitative estimate of drug-likeness (QED) is 0.694. The van der Waals surface area contributed by atoms with Crippen LogP contribution in [0, 0.1) is 5.92 Å². The first-order chi connectivity index (χ1) is 7.59. The van der Waals surface area contributed by atoms with Gasteiger partial charge in [0.15, 0.2) is 12.1 Å². The van der Waals surface area contributed by atoms with Crippen LogP contribution in [0.4, 0.5) is 0 Å². The lowest BCUT2D eigenvalue weighted by atomic mass is 10.0. The second kappa shape index (κ2) is 6.76. The maximum absolute atomic E-state index is 11.6. The summed E-state index contributed by atoms with van der Waals surface area (Å²) in [6.07, 6.45) is 3.07. The Morgan fingerprint density at radius 2 is 2.19 bits per heavy atom. The molecule has 0 radical (unpaired) electrons. The standard InChI is InChI=1S/C12H20O4/c1-9(7-10(2)13)11(14)8-16-12-5-3-4-6-15-12/h9,12H,3-8H2,1-2H3. The molecule has 2 unspecified atom stereocenters. The van der Waals surface area contributed by atoms with Gasteiger partial charge in [-0.05, 0) is 26.2 Å². The highest BCUT2D eigenvalue weighted by Crippen LogP contribution is 2.14. The molecule has 0 aromatic heterocycles. The number of ether oxygens (including phenoxy) is 2. The Hall–Kier alpha value is -0.740. The van der Waals surface area contributed by atoms with Crippen LogP contribution in [0.15, 0.2) is 0 Å². The van der Waals surface area contributed by atoms with Crippen molar-refractivity contribution in [3.8, 4) is 0 Å². The highest BCUT2D eigenvalue weighted by Gasteiger charge is 2.19. The average molecular weight is 228 g/mol. The van der Waals surface area contributed by atoms with Gasteiger partial charge in [-0.2, -0.15) is 0 Å². The van der Waals surface area contributed by atoms with Gasteiger partial charge in [0.1, 0.15) is 12.4 Å². The van der Waals surface area contributed by atoms with Crippen LogP contribution in [0.5, 0.6) is 0 Å². The van der Waals surface area contributed by atoms with E-state index >= 15 is 0 Å². The molecule has 0 N–H and O–H groups in total. The summed E-state index contributed by atoms with van der Waals surface area (Å²) in [7, 11) is 0. The van der Waals surface area contributed by atoms with Gasteiger partial charge in [-0.15, -0.1) is 0 Å². The van der Waals surface area contributed by atoms with E-state index in [0.717, 1.165) is 19.3 Å². The number of hydrogen-bond acceptors (Lipinski definition) is 4. The molecule has 0 aliphatic carbocycles. The van der Waals surface area contributed by atoms with E-state index in [4.69, 9.17) is 9.47 Å². The minimum Gasteiger partial charge on any atom is -0.353 e. The normalized spacial score (nSPS) is 22.8. The van der Waals surface area contributed by atoms with Gasteiger partial charge in [-0.1, -0.05) is 6.92 Å². The van der Waals surface area contributed by atoms with Crippen molar-refractivity contribution in [2.75, 3.05) is 13.2 Å². The molecule has 1 aliphatic rings. The summed E-state index contributed by atoms with van der Waals surface area (Å²) in [5, 5.41) is 0. The predicted octanol–water partition coefficient (Wildman–Crippen LogP) is 1.71. The Kier molecular flexibility index (Phi) is 5.63. The van der Waals surface area contributed by atoms with E-state index in [1.54, 1.807) is 6.92 Å². The Balaban J connectivity index is 2.20. The molecule has 1 rings (SSSR count). The van der Waals surface area contributed by atoms with Gasteiger partial charge >= 0.3 is 0 Å². The third-order valence-electron chi connectivity index (χ3n) is 2.69. The van der Waals surface area contributed by atoms with Crippen LogP contribution in [0.25, 0.3) is 0 Å². The summed E-state index contributed by atoms with van der Waals surface area (Å²) in [4.78, 5) is 22.4. The first-order valence-corrected chi connectivity index (χ1v) is 5.85. The summed E-state index contributed by atoms with van der Waals surface area (Å²) < 4.78 is 10.7. The number of Topliss-reactive ketones (excluding diaryl/α,β-unsaturated/α-hetero) is 2. The van der Waals surface area contributed by atoms with E-state index in [1.807, 2.05) is 0 Å². The van der Waals surface area contributed by atoms with Crippen LogP contribution in [0.1, 0.15) is 39.5 Å². The van der Waals surface area contributed by atoms with Crippen molar-refractivity contribution in [3.63, 3.8) is 0 Å². The van der Waals surface area contributed by atoms with E-state index < -0.39 is 0 Å². The minimum atomic E-state index is -0.249. The molecule has 0 bridgehead atoms. The lowest BCUT2D eigenvalue weighted by Gasteiger charge is -2.22. The predicted molar refractivity (Wildman–Crippen MR) is 59.0 cm³/mol. The van der Waals surface area contributed by atoms with Crippen LogP contribution < -0.4 is 0 Å². The van der Waals surface area contributed by atoms with Crippen molar-refractivity contribution < 1.29 is 19.1 Å². The largest absolute Gasteiger partial charge is 0.353 e. The second-order valence-electron chi connectivity index (χ2n) is 4.38. The molecule has 2 atom stereocenters. The summed E-state index contributed by atoms with van der Waals surface area (Å²) in [5.41, 5.74) is 0. The van der Waals surface area contributed by atoms with Crippen molar-refractivity contribution in [2.45, 2.75) is 45.8 Å². The lowest BCUT2D eigenvalue weighted by molar-refractivity contribution is -0.170. The van der Waals surface area contributed by atoms with E-state index in [-0.39, 0.29) is 30.4 Å². The van der Waals surface area contributed by atoms with Crippen LogP contribution in [-0.4, -0.2) is 31.1 Å². The number of ketones is 2. The van der Waals surface area contributed by atoms with Crippen LogP contribution in [0.2, 0.25) is 0 Å². The van der Waals surface area contributed by atoms with Crippen molar-refractivity contribution in [2.24, 2.45) is 5.92 Å². The van der Waals surface area contributed by atoms with Crippen molar-refractivity contribution in [1.82, 2.24) is 0 Å². The highest BCUT2D eigenvalue weighted by atomic mass is 16.7. The van der Waals surface area contributed by atoms with E-state index in [0.29, 0.717) is 13.0 Å². The Bertz CT molecular complexity index is 243. The Morgan fingerprint density at radius 3 is 2.75 bits per heavy atom. The molecule has 0 aromatic carbocycles. The van der Waals surface area contributed by atoms with Gasteiger partial charge in [0, 0.05) is 18.9 Å². The van der Waals surface area contributed by atoms with Gasteiger partial charge in [0.25, 0.3) is 0 Å². The molecule has 16 heavy (non-hydrogen) atoms. The third kappa shape index (κ3) is 4.86. The molecule has 92 valence electrons. The monoisotopic (exact) mass is 228 g/mol. The average Bonchev–Trinajstić information content (AvgIpc) is 2.26. The molecule has 0 amide bonds. The molecule has 1 heterocycles. The number of carbonyl (C=O) groups is 2. The SMILES string of the molecule is CC(=O)CC(C)C(=O)COC1CCCCO1. The van der Waals surface area contributed by atoms with Gasteiger partial charge in [-0.3, -0.25) is 4.79 Å². The number of hydrogen-bond donors (Lipinski definition) is 0. The Morgan fingerprint density at radius 1 is 1.44 bits per heavy atom.